The molecule has 0 amide bonds. The van der Waals surface area contributed by atoms with Crippen molar-refractivity contribution in [2.45, 2.75) is 18.3 Å². The van der Waals surface area contributed by atoms with Crippen molar-refractivity contribution in [1.29, 1.82) is 0 Å². The van der Waals surface area contributed by atoms with E-state index in [1.807, 2.05) is 0 Å². The molecule has 1 aliphatic rings. The monoisotopic (exact) mass is 305 g/mol. The Balaban J connectivity index is 2.31. The molecule has 1 fully saturated rings. The van der Waals surface area contributed by atoms with E-state index in [2.05, 4.69) is 0 Å². The summed E-state index contributed by atoms with van der Waals surface area (Å²) in [6, 6.07) is 3.24. The molecule has 1 saturated heterocycles. The number of nitrogens with zero attached hydrogens (tertiary/aromatic N) is 1. The van der Waals surface area contributed by atoms with Crippen LogP contribution in [0.2, 0.25) is 0 Å². The van der Waals surface area contributed by atoms with Crippen LogP contribution in [0.25, 0.3) is 0 Å². The predicted molar refractivity (Wildman–Crippen MR) is 71.0 cm³/mol. The molecule has 0 aliphatic carbocycles. The lowest BCUT2D eigenvalue weighted by molar-refractivity contribution is 0.232. The molecule has 4 N–H and O–H groups in total. The van der Waals surface area contributed by atoms with Crippen LogP contribution in [-0.2, 0) is 15.6 Å². The molecule has 0 atom stereocenters. The normalized spacial score (nSPS) is 20.0. The van der Waals surface area contributed by atoms with Crippen molar-refractivity contribution < 1.29 is 17.2 Å². The molecule has 1 heterocycles. The van der Waals surface area contributed by atoms with Gasteiger partial charge in [0.25, 0.3) is 10.2 Å². The van der Waals surface area contributed by atoms with Crippen LogP contribution in [0.4, 0.5) is 8.78 Å². The summed E-state index contributed by atoms with van der Waals surface area (Å²) in [6.45, 7) is 0.407. The van der Waals surface area contributed by atoms with Gasteiger partial charge in [-0.2, -0.15) is 12.7 Å². The molecule has 8 heteroatoms. The van der Waals surface area contributed by atoms with Crippen LogP contribution in [0.5, 0.6) is 0 Å². The molecule has 0 spiro atoms. The molecule has 0 unspecified atom stereocenters. The van der Waals surface area contributed by atoms with Crippen LogP contribution in [0.3, 0.4) is 0 Å². The summed E-state index contributed by atoms with van der Waals surface area (Å²) < 4.78 is 51.0. The topological polar surface area (TPSA) is 89.4 Å². The summed E-state index contributed by atoms with van der Waals surface area (Å²) in [5.41, 5.74) is 5.20. The third-order valence-corrected chi connectivity index (χ3v) is 5.01. The van der Waals surface area contributed by atoms with E-state index in [9.17, 15) is 17.2 Å². The summed E-state index contributed by atoms with van der Waals surface area (Å²) in [7, 11) is -3.76. The molecule has 1 aromatic carbocycles. The van der Waals surface area contributed by atoms with Gasteiger partial charge in [0.15, 0.2) is 0 Å². The zero-order chi connectivity index (χ0) is 15.0. The molecule has 112 valence electrons. The fourth-order valence-corrected chi connectivity index (χ4v) is 3.35. The first-order chi connectivity index (χ1) is 9.28. The highest BCUT2D eigenvalue weighted by atomic mass is 32.2. The van der Waals surface area contributed by atoms with Gasteiger partial charge in [0.05, 0.1) is 0 Å². The average molecular weight is 305 g/mol. The average Bonchev–Trinajstić information content (AvgIpc) is 2.40. The number of nitrogens with two attached hydrogens (primary N) is 2. The number of rotatable bonds is 3. The van der Waals surface area contributed by atoms with Crippen molar-refractivity contribution in [2.75, 3.05) is 19.6 Å². The Kier molecular flexibility index (Phi) is 4.10. The molecular weight excluding hydrogens is 288 g/mol. The van der Waals surface area contributed by atoms with Gasteiger partial charge in [-0.15, -0.1) is 0 Å². The van der Waals surface area contributed by atoms with Gasteiger partial charge in [-0.1, -0.05) is 0 Å². The minimum absolute atomic E-state index is 0.117. The Morgan fingerprint density at radius 3 is 2.35 bits per heavy atom. The number of hydrogen-bond donors (Lipinski definition) is 2. The summed E-state index contributed by atoms with van der Waals surface area (Å²) in [4.78, 5) is 0. The minimum atomic E-state index is -3.76. The highest BCUT2D eigenvalue weighted by Crippen LogP contribution is 2.36. The van der Waals surface area contributed by atoms with E-state index in [4.69, 9.17) is 10.9 Å². The number of benzene rings is 1. The van der Waals surface area contributed by atoms with Crippen molar-refractivity contribution >= 4 is 10.2 Å². The Morgan fingerprint density at radius 2 is 1.85 bits per heavy atom. The molecule has 0 aromatic heterocycles. The SMILES string of the molecule is NCC1(c2cc(F)ccc2F)CCN(S(N)(=O)=O)CC1. The lowest BCUT2D eigenvalue weighted by Gasteiger charge is -2.40. The van der Waals surface area contributed by atoms with Gasteiger partial charge in [-0.25, -0.2) is 13.9 Å². The third-order valence-electron chi connectivity index (χ3n) is 3.93. The highest BCUT2D eigenvalue weighted by Gasteiger charge is 2.39. The van der Waals surface area contributed by atoms with Gasteiger partial charge >= 0.3 is 0 Å². The lowest BCUT2D eigenvalue weighted by Crippen LogP contribution is -2.50. The molecule has 2 rings (SSSR count). The summed E-state index contributed by atoms with van der Waals surface area (Å²) in [6.07, 6.45) is 0.612. The van der Waals surface area contributed by atoms with Crippen LogP contribution in [0.1, 0.15) is 18.4 Å². The summed E-state index contributed by atoms with van der Waals surface area (Å²) in [5, 5.41) is 5.07. The van der Waals surface area contributed by atoms with Gasteiger partial charge < -0.3 is 5.73 Å². The summed E-state index contributed by atoms with van der Waals surface area (Å²) >= 11 is 0. The Labute approximate surface area is 116 Å². The van der Waals surface area contributed by atoms with Crippen LogP contribution >= 0.6 is 0 Å². The van der Waals surface area contributed by atoms with Crippen molar-refractivity contribution in [1.82, 2.24) is 4.31 Å². The number of halogens is 2. The van der Waals surface area contributed by atoms with Crippen molar-refractivity contribution in [3.63, 3.8) is 0 Å². The first kappa shape index (κ1) is 15.3. The first-order valence-corrected chi connectivity index (χ1v) is 7.72. The largest absolute Gasteiger partial charge is 0.330 e. The zero-order valence-corrected chi connectivity index (χ0v) is 11.7. The van der Waals surface area contributed by atoms with Gasteiger partial charge in [0.1, 0.15) is 11.6 Å². The van der Waals surface area contributed by atoms with E-state index in [0.29, 0.717) is 12.8 Å². The zero-order valence-electron chi connectivity index (χ0n) is 10.9. The maximum absolute atomic E-state index is 13.9. The standard InChI is InChI=1S/C12H17F2N3O2S/c13-9-1-2-11(14)10(7-9)12(8-15)3-5-17(6-4-12)20(16,18)19/h1-2,7H,3-6,8,15H2,(H2,16,18,19). The lowest BCUT2D eigenvalue weighted by atomic mass is 9.73. The third kappa shape index (κ3) is 2.83. The Bertz CT molecular complexity index is 599. The van der Waals surface area contributed by atoms with E-state index < -0.39 is 27.3 Å². The van der Waals surface area contributed by atoms with Crippen LogP contribution in [0.15, 0.2) is 18.2 Å². The van der Waals surface area contributed by atoms with Crippen molar-refractivity contribution in [3.8, 4) is 0 Å². The smallest absolute Gasteiger partial charge is 0.276 e. The fraction of sp³-hybridized carbons (Fsp3) is 0.500. The molecule has 0 radical (unpaired) electrons. The van der Waals surface area contributed by atoms with E-state index >= 15 is 0 Å². The summed E-state index contributed by atoms with van der Waals surface area (Å²) in [5.74, 6) is -1.07. The fourth-order valence-electron chi connectivity index (χ4n) is 2.66. The number of piperidine rings is 1. The molecule has 5 nitrogen and oxygen atoms in total. The first-order valence-electron chi connectivity index (χ1n) is 6.22. The Morgan fingerprint density at radius 1 is 1.25 bits per heavy atom. The van der Waals surface area contributed by atoms with Crippen LogP contribution in [-0.4, -0.2) is 32.4 Å². The number of hydrogen-bond acceptors (Lipinski definition) is 3. The van der Waals surface area contributed by atoms with Gasteiger partial charge in [-0.05, 0) is 36.6 Å². The van der Waals surface area contributed by atoms with E-state index in [0.717, 1.165) is 22.5 Å². The van der Waals surface area contributed by atoms with Gasteiger partial charge in [0.2, 0.25) is 0 Å². The van der Waals surface area contributed by atoms with Crippen molar-refractivity contribution in [3.05, 3.63) is 35.4 Å². The predicted octanol–water partition coefficient (Wildman–Crippen LogP) is 0.461. The molecule has 0 bridgehead atoms. The van der Waals surface area contributed by atoms with Crippen molar-refractivity contribution in [2.24, 2.45) is 10.9 Å². The second-order valence-corrected chi connectivity index (χ2v) is 6.60. The molecule has 20 heavy (non-hydrogen) atoms. The van der Waals surface area contributed by atoms with Crippen LogP contribution < -0.4 is 10.9 Å². The van der Waals surface area contributed by atoms with E-state index in [1.165, 1.54) is 0 Å². The highest BCUT2D eigenvalue weighted by molar-refractivity contribution is 7.86. The maximum atomic E-state index is 13.9. The molecule has 0 saturated carbocycles. The van der Waals surface area contributed by atoms with Gasteiger partial charge in [-0.3, -0.25) is 0 Å². The second kappa shape index (κ2) is 5.36. The molecule has 1 aliphatic heterocycles. The maximum Gasteiger partial charge on any atom is 0.276 e. The molecule has 1 aromatic rings. The van der Waals surface area contributed by atoms with E-state index in [-0.39, 0.29) is 25.2 Å². The molecular formula is C12H17F2N3O2S. The van der Waals surface area contributed by atoms with Crippen LogP contribution in [0, 0.1) is 11.6 Å². The Hall–Kier alpha value is -1.09. The van der Waals surface area contributed by atoms with Gasteiger partial charge in [0, 0.05) is 25.0 Å². The minimum Gasteiger partial charge on any atom is -0.330 e. The quantitative estimate of drug-likeness (QED) is 0.850. The second-order valence-electron chi connectivity index (χ2n) is 5.05. The van der Waals surface area contributed by atoms with E-state index in [1.54, 1.807) is 0 Å².